The lowest BCUT2D eigenvalue weighted by molar-refractivity contribution is 0.450. The van der Waals surface area contributed by atoms with Gasteiger partial charge in [-0.25, -0.2) is 0 Å². The van der Waals surface area contributed by atoms with Crippen LogP contribution in [-0.2, 0) is 0 Å². The van der Waals surface area contributed by atoms with Crippen molar-refractivity contribution < 1.29 is 10.2 Å². The predicted molar refractivity (Wildman–Crippen MR) is 193 cm³/mol. The summed E-state index contributed by atoms with van der Waals surface area (Å²) in [6, 6.07) is 52.1. The molecule has 0 aliphatic rings. The average molecular weight is 606 g/mol. The highest BCUT2D eigenvalue weighted by Gasteiger charge is 2.19. The van der Waals surface area contributed by atoms with Gasteiger partial charge in [-0.05, 0) is 60.7 Å². The molecule has 0 saturated carbocycles. The maximum absolute atomic E-state index is 10.5. The fraction of sp³-hybridized carbons (Fsp3) is 0. The van der Waals surface area contributed by atoms with E-state index in [-0.39, 0.29) is 11.5 Å². The Morgan fingerprint density at radius 1 is 0.277 bits per heavy atom. The van der Waals surface area contributed by atoms with Crippen LogP contribution in [0.2, 0.25) is 0 Å². The Morgan fingerprint density at radius 3 is 0.979 bits per heavy atom. The van der Waals surface area contributed by atoms with Crippen molar-refractivity contribution in [2.45, 2.75) is 0 Å². The van der Waals surface area contributed by atoms with Crippen molar-refractivity contribution >= 4 is 65.4 Å². The van der Waals surface area contributed by atoms with Gasteiger partial charge in [0.2, 0.25) is 0 Å². The van der Waals surface area contributed by atoms with Gasteiger partial charge in [0.15, 0.2) is 0 Å². The van der Waals surface area contributed by atoms with E-state index in [0.717, 1.165) is 55.2 Å². The maximum atomic E-state index is 10.5. The number of nitrogens with zero attached hydrogens (tertiary/aromatic N) is 3. The van der Waals surface area contributed by atoms with Gasteiger partial charge in [0, 0.05) is 61.9 Å². The van der Waals surface area contributed by atoms with Gasteiger partial charge in [-0.15, -0.1) is 0 Å². The molecule has 0 radical (unpaired) electrons. The summed E-state index contributed by atoms with van der Waals surface area (Å²) < 4.78 is 6.80. The molecule has 0 spiro atoms. The summed E-state index contributed by atoms with van der Waals surface area (Å²) in [7, 11) is 0. The highest BCUT2D eigenvalue weighted by Crippen LogP contribution is 2.40. The van der Waals surface area contributed by atoms with Crippen LogP contribution in [-0.4, -0.2) is 23.9 Å². The molecule has 10 rings (SSSR count). The minimum absolute atomic E-state index is 0.0128. The largest absolute Gasteiger partial charge is 0.508 e. The molecule has 0 fully saturated rings. The summed E-state index contributed by atoms with van der Waals surface area (Å²) >= 11 is 0. The van der Waals surface area contributed by atoms with Crippen LogP contribution in [0.25, 0.3) is 82.5 Å². The van der Waals surface area contributed by atoms with Crippen LogP contribution < -0.4 is 0 Å². The number of hydrogen-bond donors (Lipinski definition) is 2. The van der Waals surface area contributed by atoms with Crippen LogP contribution in [0.3, 0.4) is 0 Å². The van der Waals surface area contributed by atoms with E-state index in [1.807, 2.05) is 0 Å². The SMILES string of the molecule is Oc1cc(O)cc(-n2c3ccc(-n4c5ccccc5c5ccccc54)cc3c3cc(-n4c5ccccc5c5ccccc54)ccc32)c1. The summed E-state index contributed by atoms with van der Waals surface area (Å²) in [6.07, 6.45) is 0. The van der Waals surface area contributed by atoms with Crippen LogP contribution >= 0.6 is 0 Å². The van der Waals surface area contributed by atoms with Crippen LogP contribution in [0, 0.1) is 0 Å². The van der Waals surface area contributed by atoms with Crippen molar-refractivity contribution in [1.82, 2.24) is 13.7 Å². The van der Waals surface area contributed by atoms with E-state index in [1.165, 1.54) is 27.6 Å². The molecule has 5 heteroatoms. The first-order chi connectivity index (χ1) is 23.1. The highest BCUT2D eigenvalue weighted by atomic mass is 16.3. The Balaban J connectivity index is 1.31. The molecule has 0 aliphatic carbocycles. The van der Waals surface area contributed by atoms with Gasteiger partial charge in [0.1, 0.15) is 11.5 Å². The van der Waals surface area contributed by atoms with Gasteiger partial charge in [-0.2, -0.15) is 0 Å². The van der Waals surface area contributed by atoms with Crippen molar-refractivity contribution in [1.29, 1.82) is 0 Å². The number of rotatable bonds is 3. The number of fused-ring (bicyclic) bond motifs is 9. The average Bonchev–Trinajstić information content (AvgIpc) is 3.73. The van der Waals surface area contributed by atoms with Crippen molar-refractivity contribution in [2.75, 3.05) is 0 Å². The quantitative estimate of drug-likeness (QED) is 0.211. The second-order valence-electron chi connectivity index (χ2n) is 12.2. The Kier molecular flexibility index (Phi) is 5.23. The molecular formula is C42H27N3O2. The third-order valence-electron chi connectivity index (χ3n) is 9.55. The Labute approximate surface area is 269 Å². The van der Waals surface area contributed by atoms with Crippen molar-refractivity contribution in [2.24, 2.45) is 0 Å². The van der Waals surface area contributed by atoms with Gasteiger partial charge in [0.25, 0.3) is 0 Å². The van der Waals surface area contributed by atoms with Gasteiger partial charge in [0.05, 0.1) is 38.8 Å². The fourth-order valence-corrected chi connectivity index (χ4v) is 7.67. The minimum atomic E-state index is 0.0128. The number of benzene rings is 7. The molecular weight excluding hydrogens is 578 g/mol. The van der Waals surface area contributed by atoms with Crippen LogP contribution in [0.5, 0.6) is 11.5 Å². The molecule has 5 nitrogen and oxygen atoms in total. The van der Waals surface area contributed by atoms with Crippen molar-refractivity contribution in [3.8, 4) is 28.6 Å². The zero-order chi connectivity index (χ0) is 31.2. The molecule has 10 aromatic rings. The Bertz CT molecular complexity index is 2590. The minimum Gasteiger partial charge on any atom is -0.508 e. The topological polar surface area (TPSA) is 55.2 Å². The van der Waals surface area contributed by atoms with E-state index in [9.17, 15) is 10.2 Å². The molecule has 0 aliphatic heterocycles. The van der Waals surface area contributed by atoms with E-state index < -0.39 is 0 Å². The van der Waals surface area contributed by atoms with Crippen LogP contribution in [0.4, 0.5) is 0 Å². The molecule has 3 aromatic heterocycles. The monoisotopic (exact) mass is 605 g/mol. The standard InChI is InChI=1S/C42H27N3O2/c46-29-21-28(22-30(47)25-29)45-41-19-17-26(43-37-13-5-1-9-31(37)32-10-2-6-14-38(32)43)23-35(41)36-24-27(18-20-42(36)45)44-39-15-7-3-11-33(39)34-12-4-8-16-40(34)44/h1-25,46-47H. The number of para-hydroxylation sites is 4. The van der Waals surface area contributed by atoms with Crippen LogP contribution in [0.15, 0.2) is 152 Å². The Morgan fingerprint density at radius 2 is 0.596 bits per heavy atom. The lowest BCUT2D eigenvalue weighted by Crippen LogP contribution is -1.96. The number of hydrogen-bond acceptors (Lipinski definition) is 2. The summed E-state index contributed by atoms with van der Waals surface area (Å²) in [4.78, 5) is 0. The van der Waals surface area contributed by atoms with E-state index >= 15 is 0 Å². The molecule has 0 amide bonds. The first-order valence-corrected chi connectivity index (χ1v) is 15.7. The van der Waals surface area contributed by atoms with E-state index in [0.29, 0.717) is 5.69 Å². The van der Waals surface area contributed by atoms with Gasteiger partial charge >= 0.3 is 0 Å². The first kappa shape index (κ1) is 25.8. The molecule has 3 heterocycles. The second kappa shape index (κ2) is 9.52. The van der Waals surface area contributed by atoms with E-state index in [1.54, 1.807) is 12.1 Å². The van der Waals surface area contributed by atoms with E-state index in [4.69, 9.17) is 0 Å². The lowest BCUT2D eigenvalue weighted by Gasteiger charge is -2.11. The molecule has 0 unspecified atom stereocenters. The van der Waals surface area contributed by atoms with E-state index in [2.05, 4.69) is 147 Å². The third-order valence-corrected chi connectivity index (χ3v) is 9.55. The van der Waals surface area contributed by atoms with Gasteiger partial charge in [-0.1, -0.05) is 72.8 Å². The van der Waals surface area contributed by atoms with Crippen LogP contribution in [0.1, 0.15) is 0 Å². The summed E-state index contributed by atoms with van der Waals surface area (Å²) in [5.41, 5.74) is 9.40. The number of aromatic hydroxyl groups is 2. The number of aromatic nitrogens is 3. The smallest absolute Gasteiger partial charge is 0.121 e. The van der Waals surface area contributed by atoms with Gasteiger partial charge < -0.3 is 23.9 Å². The normalized spacial score (nSPS) is 12.0. The molecule has 47 heavy (non-hydrogen) atoms. The van der Waals surface area contributed by atoms with Gasteiger partial charge in [-0.3, -0.25) is 0 Å². The fourth-order valence-electron chi connectivity index (χ4n) is 7.67. The third kappa shape index (κ3) is 3.65. The summed E-state index contributed by atoms with van der Waals surface area (Å²) in [6.45, 7) is 0. The summed E-state index contributed by atoms with van der Waals surface area (Å²) in [5.74, 6) is 0.0256. The molecule has 7 aromatic carbocycles. The number of phenolic OH excluding ortho intramolecular Hbond substituents is 2. The zero-order valence-corrected chi connectivity index (χ0v) is 25.2. The molecule has 0 saturated heterocycles. The molecule has 0 bridgehead atoms. The maximum Gasteiger partial charge on any atom is 0.121 e. The molecule has 0 atom stereocenters. The number of phenols is 2. The first-order valence-electron chi connectivity index (χ1n) is 15.7. The zero-order valence-electron chi connectivity index (χ0n) is 25.2. The summed E-state index contributed by atoms with van der Waals surface area (Å²) in [5, 5.41) is 28.0. The predicted octanol–water partition coefficient (Wildman–Crippen LogP) is 10.4. The molecule has 222 valence electrons. The lowest BCUT2D eigenvalue weighted by atomic mass is 10.1. The van der Waals surface area contributed by atoms with Crippen molar-refractivity contribution in [3.05, 3.63) is 152 Å². The highest BCUT2D eigenvalue weighted by molar-refractivity contribution is 6.14. The molecule has 2 N–H and O–H groups in total. The Hall–Kier alpha value is -6.46. The second-order valence-corrected chi connectivity index (χ2v) is 12.2. The van der Waals surface area contributed by atoms with Crippen molar-refractivity contribution in [3.63, 3.8) is 0 Å².